The smallest absolute Gasteiger partial charge is 0.0700 e. The van der Waals surface area contributed by atoms with Gasteiger partial charge in [-0.1, -0.05) is 6.92 Å². The van der Waals surface area contributed by atoms with Gasteiger partial charge in [-0.15, -0.1) is 0 Å². The van der Waals surface area contributed by atoms with E-state index in [0.717, 1.165) is 39.4 Å². The van der Waals surface area contributed by atoms with Gasteiger partial charge in [0.2, 0.25) is 0 Å². The van der Waals surface area contributed by atoms with Gasteiger partial charge >= 0.3 is 0 Å². The summed E-state index contributed by atoms with van der Waals surface area (Å²) in [6.07, 6.45) is 4.86. The van der Waals surface area contributed by atoms with Crippen molar-refractivity contribution in [2.75, 3.05) is 33.0 Å². The Morgan fingerprint density at radius 2 is 1.75 bits per heavy atom. The standard InChI is InChI=1S/C13H29NO2/c1-4-9-14-13(3)8-6-7-10-16-12-11-15-5-2/h13-14H,4-12H2,1-3H3. The molecule has 0 aromatic rings. The molecule has 0 saturated carbocycles. The van der Waals surface area contributed by atoms with Gasteiger partial charge in [-0.2, -0.15) is 0 Å². The summed E-state index contributed by atoms with van der Waals surface area (Å²) in [4.78, 5) is 0. The Balaban J connectivity index is 3.02. The van der Waals surface area contributed by atoms with Gasteiger partial charge in [-0.25, -0.2) is 0 Å². The van der Waals surface area contributed by atoms with E-state index in [1.165, 1.54) is 19.3 Å². The van der Waals surface area contributed by atoms with Gasteiger partial charge in [-0.05, 0) is 46.1 Å². The molecule has 3 heteroatoms. The molecule has 0 spiro atoms. The fourth-order valence-electron chi connectivity index (χ4n) is 1.51. The third-order valence-corrected chi connectivity index (χ3v) is 2.49. The fourth-order valence-corrected chi connectivity index (χ4v) is 1.51. The monoisotopic (exact) mass is 231 g/mol. The summed E-state index contributed by atoms with van der Waals surface area (Å²) in [7, 11) is 0. The Hall–Kier alpha value is -0.120. The normalized spacial score (nSPS) is 12.9. The zero-order valence-corrected chi connectivity index (χ0v) is 11.3. The van der Waals surface area contributed by atoms with Crippen LogP contribution in [0.3, 0.4) is 0 Å². The molecular formula is C13H29NO2. The van der Waals surface area contributed by atoms with Crippen molar-refractivity contribution < 1.29 is 9.47 Å². The van der Waals surface area contributed by atoms with Crippen LogP contribution in [0.15, 0.2) is 0 Å². The van der Waals surface area contributed by atoms with Gasteiger partial charge in [-0.3, -0.25) is 0 Å². The molecule has 0 fully saturated rings. The van der Waals surface area contributed by atoms with Gasteiger partial charge in [0.05, 0.1) is 13.2 Å². The lowest BCUT2D eigenvalue weighted by Gasteiger charge is -2.12. The van der Waals surface area contributed by atoms with Crippen LogP contribution in [0.1, 0.15) is 46.5 Å². The van der Waals surface area contributed by atoms with Crippen molar-refractivity contribution in [2.24, 2.45) is 0 Å². The summed E-state index contributed by atoms with van der Waals surface area (Å²) in [5.41, 5.74) is 0. The van der Waals surface area contributed by atoms with Crippen molar-refractivity contribution in [1.82, 2.24) is 5.32 Å². The second kappa shape index (κ2) is 12.9. The minimum Gasteiger partial charge on any atom is -0.379 e. The van der Waals surface area contributed by atoms with Crippen LogP contribution >= 0.6 is 0 Å². The average Bonchev–Trinajstić information content (AvgIpc) is 2.30. The average molecular weight is 231 g/mol. The molecule has 0 aromatic carbocycles. The highest BCUT2D eigenvalue weighted by Gasteiger charge is 1.99. The summed E-state index contributed by atoms with van der Waals surface area (Å²) >= 11 is 0. The van der Waals surface area contributed by atoms with Crippen molar-refractivity contribution in [1.29, 1.82) is 0 Å². The molecular weight excluding hydrogens is 202 g/mol. The minimum atomic E-state index is 0.642. The first-order valence-electron chi connectivity index (χ1n) is 6.70. The molecule has 16 heavy (non-hydrogen) atoms. The Kier molecular flexibility index (Phi) is 12.9. The summed E-state index contributed by atoms with van der Waals surface area (Å²) in [5, 5.41) is 3.49. The molecule has 0 aliphatic carbocycles. The van der Waals surface area contributed by atoms with Crippen LogP contribution in [-0.4, -0.2) is 39.0 Å². The number of rotatable bonds is 12. The molecule has 0 saturated heterocycles. The lowest BCUT2D eigenvalue weighted by atomic mass is 10.1. The quantitative estimate of drug-likeness (QED) is 0.524. The zero-order chi connectivity index (χ0) is 12.1. The second-order valence-corrected chi connectivity index (χ2v) is 4.16. The molecule has 0 amide bonds. The lowest BCUT2D eigenvalue weighted by molar-refractivity contribution is 0.0511. The molecule has 0 bridgehead atoms. The Morgan fingerprint density at radius 1 is 1.00 bits per heavy atom. The maximum Gasteiger partial charge on any atom is 0.0700 e. The topological polar surface area (TPSA) is 30.5 Å². The van der Waals surface area contributed by atoms with Crippen molar-refractivity contribution in [3.63, 3.8) is 0 Å². The first kappa shape index (κ1) is 15.9. The molecule has 3 nitrogen and oxygen atoms in total. The number of ether oxygens (including phenoxy) is 2. The van der Waals surface area contributed by atoms with Crippen molar-refractivity contribution in [2.45, 2.75) is 52.5 Å². The summed E-state index contributed by atoms with van der Waals surface area (Å²) in [6, 6.07) is 0.642. The number of hydrogen-bond acceptors (Lipinski definition) is 3. The third kappa shape index (κ3) is 12.0. The van der Waals surface area contributed by atoms with Crippen molar-refractivity contribution >= 4 is 0 Å². The lowest BCUT2D eigenvalue weighted by Crippen LogP contribution is -2.26. The predicted octanol–water partition coefficient (Wildman–Crippen LogP) is 2.60. The molecule has 0 aliphatic rings. The number of nitrogens with one attached hydrogen (secondary N) is 1. The summed E-state index contributed by atoms with van der Waals surface area (Å²) in [6.45, 7) is 10.7. The maximum atomic E-state index is 5.45. The Labute approximate surface area is 101 Å². The number of hydrogen-bond donors (Lipinski definition) is 1. The highest BCUT2D eigenvalue weighted by molar-refractivity contribution is 4.59. The van der Waals surface area contributed by atoms with Crippen LogP contribution in [0.4, 0.5) is 0 Å². The highest BCUT2D eigenvalue weighted by Crippen LogP contribution is 2.00. The van der Waals surface area contributed by atoms with E-state index in [2.05, 4.69) is 19.2 Å². The molecule has 0 aliphatic heterocycles. The minimum absolute atomic E-state index is 0.642. The van der Waals surface area contributed by atoms with Gasteiger partial charge in [0, 0.05) is 19.3 Å². The third-order valence-electron chi connectivity index (χ3n) is 2.49. The maximum absolute atomic E-state index is 5.45. The van der Waals surface area contributed by atoms with Crippen molar-refractivity contribution in [3.05, 3.63) is 0 Å². The molecule has 0 heterocycles. The van der Waals surface area contributed by atoms with Crippen LogP contribution in [0.5, 0.6) is 0 Å². The first-order valence-corrected chi connectivity index (χ1v) is 6.70. The van der Waals surface area contributed by atoms with E-state index in [1.807, 2.05) is 6.92 Å². The van der Waals surface area contributed by atoms with Crippen LogP contribution in [0, 0.1) is 0 Å². The SMILES string of the molecule is CCCNC(C)CCCCOCCOCC. The molecule has 98 valence electrons. The second-order valence-electron chi connectivity index (χ2n) is 4.16. The number of unbranched alkanes of at least 4 members (excludes halogenated alkanes) is 1. The van der Waals surface area contributed by atoms with E-state index >= 15 is 0 Å². The largest absolute Gasteiger partial charge is 0.379 e. The molecule has 1 N–H and O–H groups in total. The van der Waals surface area contributed by atoms with Crippen LogP contribution < -0.4 is 5.32 Å². The highest BCUT2D eigenvalue weighted by atomic mass is 16.5. The van der Waals surface area contributed by atoms with Gasteiger partial charge in [0.15, 0.2) is 0 Å². The van der Waals surface area contributed by atoms with Crippen molar-refractivity contribution in [3.8, 4) is 0 Å². The predicted molar refractivity (Wildman–Crippen MR) is 68.9 cm³/mol. The van der Waals surface area contributed by atoms with E-state index in [-0.39, 0.29) is 0 Å². The summed E-state index contributed by atoms with van der Waals surface area (Å²) in [5.74, 6) is 0. The zero-order valence-electron chi connectivity index (χ0n) is 11.3. The van der Waals surface area contributed by atoms with Gasteiger partial charge in [0.1, 0.15) is 0 Å². The van der Waals surface area contributed by atoms with Gasteiger partial charge in [0.25, 0.3) is 0 Å². The van der Waals surface area contributed by atoms with E-state index < -0.39 is 0 Å². The molecule has 1 unspecified atom stereocenters. The Morgan fingerprint density at radius 3 is 2.44 bits per heavy atom. The first-order chi connectivity index (χ1) is 7.81. The van der Waals surface area contributed by atoms with E-state index in [4.69, 9.17) is 9.47 Å². The van der Waals surface area contributed by atoms with E-state index in [1.54, 1.807) is 0 Å². The van der Waals surface area contributed by atoms with Crippen LogP contribution in [0.2, 0.25) is 0 Å². The fraction of sp³-hybridized carbons (Fsp3) is 1.00. The summed E-state index contributed by atoms with van der Waals surface area (Å²) < 4.78 is 10.6. The van der Waals surface area contributed by atoms with E-state index in [0.29, 0.717) is 6.04 Å². The molecule has 0 rings (SSSR count). The van der Waals surface area contributed by atoms with E-state index in [9.17, 15) is 0 Å². The van der Waals surface area contributed by atoms with Crippen LogP contribution in [0.25, 0.3) is 0 Å². The Bertz CT molecular complexity index is 131. The molecule has 0 radical (unpaired) electrons. The van der Waals surface area contributed by atoms with Crippen LogP contribution in [-0.2, 0) is 9.47 Å². The molecule has 0 aromatic heterocycles. The van der Waals surface area contributed by atoms with Gasteiger partial charge < -0.3 is 14.8 Å². The molecule has 1 atom stereocenters.